The maximum atomic E-state index is 11.9. The van der Waals surface area contributed by atoms with Crippen LogP contribution in [0.1, 0.15) is 63.9 Å². The van der Waals surface area contributed by atoms with E-state index >= 15 is 0 Å². The Bertz CT molecular complexity index is 687. The van der Waals surface area contributed by atoms with Crippen molar-refractivity contribution in [2.24, 2.45) is 0 Å². The highest BCUT2D eigenvalue weighted by molar-refractivity contribution is 7.15. The molecule has 6 heteroatoms. The minimum Gasteiger partial charge on any atom is -0.494 e. The Morgan fingerprint density at radius 2 is 1.88 bits per heavy atom. The maximum Gasteiger partial charge on any atom is 0.226 e. The normalized spacial score (nSPS) is 11.6. The van der Waals surface area contributed by atoms with Gasteiger partial charge >= 0.3 is 0 Å². The van der Waals surface area contributed by atoms with E-state index in [0.717, 1.165) is 10.8 Å². The first-order valence-corrected chi connectivity index (χ1v) is 9.44. The number of anilines is 1. The van der Waals surface area contributed by atoms with E-state index in [-0.39, 0.29) is 11.3 Å². The summed E-state index contributed by atoms with van der Waals surface area (Å²) in [6.45, 7) is 11.2. The molecule has 5 nitrogen and oxygen atoms in total. The summed E-state index contributed by atoms with van der Waals surface area (Å²) in [4.78, 5) is 11.9. The number of carbonyl (C=O) groups is 1. The van der Waals surface area contributed by atoms with E-state index in [4.69, 9.17) is 4.74 Å². The number of nitrogens with one attached hydrogen (secondary N) is 1. The van der Waals surface area contributed by atoms with Gasteiger partial charge in [0.25, 0.3) is 0 Å². The lowest BCUT2D eigenvalue weighted by atomic mass is 9.87. The van der Waals surface area contributed by atoms with Crippen molar-refractivity contribution in [1.82, 2.24) is 10.2 Å². The lowest BCUT2D eigenvalue weighted by molar-refractivity contribution is -0.116. The van der Waals surface area contributed by atoms with Crippen LogP contribution >= 0.6 is 11.3 Å². The Hall–Kier alpha value is -1.95. The molecule has 2 aromatic rings. The molecule has 1 aromatic carbocycles. The molecule has 0 atom stereocenters. The molecule has 0 unspecified atom stereocenters. The van der Waals surface area contributed by atoms with Crippen LogP contribution in [0.5, 0.6) is 5.75 Å². The summed E-state index contributed by atoms with van der Waals surface area (Å²) in [6.07, 6.45) is 1.05. The van der Waals surface area contributed by atoms with Crippen LogP contribution in [-0.2, 0) is 10.2 Å². The molecular weight excluding hydrogens is 334 g/mol. The zero-order chi connectivity index (χ0) is 18.4. The van der Waals surface area contributed by atoms with Crippen LogP contribution in [0.2, 0.25) is 0 Å². The van der Waals surface area contributed by atoms with Gasteiger partial charge in [0.15, 0.2) is 0 Å². The van der Waals surface area contributed by atoms with Gasteiger partial charge in [-0.1, -0.05) is 58.1 Å². The van der Waals surface area contributed by atoms with Crippen molar-refractivity contribution >= 4 is 22.4 Å². The van der Waals surface area contributed by atoms with E-state index in [1.54, 1.807) is 0 Å². The van der Waals surface area contributed by atoms with E-state index in [1.807, 2.05) is 12.1 Å². The number of nitrogens with zero attached hydrogens (tertiary/aromatic N) is 2. The topological polar surface area (TPSA) is 64.1 Å². The summed E-state index contributed by atoms with van der Waals surface area (Å²) in [5.74, 6) is 1.10. The minimum atomic E-state index is -0.0573. The van der Waals surface area contributed by atoms with Crippen LogP contribution in [0.3, 0.4) is 0 Å². The Morgan fingerprint density at radius 3 is 2.44 bits per heavy atom. The molecule has 0 aliphatic heterocycles. The molecule has 0 radical (unpaired) electrons. The summed E-state index contributed by atoms with van der Waals surface area (Å²) in [6, 6.07) is 8.14. The summed E-state index contributed by atoms with van der Waals surface area (Å²) in [5.41, 5.74) is 1.41. The monoisotopic (exact) mass is 361 g/mol. The van der Waals surface area contributed by atoms with Gasteiger partial charge in [-0.3, -0.25) is 4.79 Å². The van der Waals surface area contributed by atoms with E-state index in [0.29, 0.717) is 30.5 Å². The van der Waals surface area contributed by atoms with Crippen molar-refractivity contribution in [3.05, 3.63) is 34.8 Å². The maximum absolute atomic E-state index is 11.9. The zero-order valence-electron chi connectivity index (χ0n) is 15.6. The summed E-state index contributed by atoms with van der Waals surface area (Å²) < 4.78 is 5.70. The number of benzene rings is 1. The molecule has 2 rings (SSSR count). The van der Waals surface area contributed by atoms with Crippen LogP contribution in [0, 0.1) is 0 Å². The third-order valence-corrected chi connectivity index (χ3v) is 4.86. The fourth-order valence-corrected chi connectivity index (χ4v) is 2.94. The van der Waals surface area contributed by atoms with Gasteiger partial charge in [-0.25, -0.2) is 0 Å². The Kier molecular flexibility index (Phi) is 6.53. The third-order valence-electron chi connectivity index (χ3n) is 3.72. The number of amides is 1. The standard InChI is InChI=1S/C19H27N3O2S/c1-13(2)17-21-22-18(25-17)20-16(23)7-6-12-24-15-10-8-14(9-11-15)19(3,4)5/h8-11,13H,6-7,12H2,1-5H3,(H,20,22,23). The highest BCUT2D eigenvalue weighted by atomic mass is 32.1. The molecule has 1 aromatic heterocycles. The van der Waals surface area contributed by atoms with Crippen molar-refractivity contribution in [1.29, 1.82) is 0 Å². The van der Waals surface area contributed by atoms with Crippen LogP contribution in [0.15, 0.2) is 24.3 Å². The first-order chi connectivity index (χ1) is 11.8. The molecular formula is C19H27N3O2S. The fourth-order valence-electron chi connectivity index (χ4n) is 2.17. The highest BCUT2D eigenvalue weighted by Gasteiger charge is 2.13. The number of hydrogen-bond acceptors (Lipinski definition) is 5. The van der Waals surface area contributed by atoms with E-state index in [9.17, 15) is 4.79 Å². The van der Waals surface area contributed by atoms with E-state index in [1.165, 1.54) is 16.9 Å². The fraction of sp³-hybridized carbons (Fsp3) is 0.526. The summed E-state index contributed by atoms with van der Waals surface area (Å²) in [7, 11) is 0. The van der Waals surface area contributed by atoms with Gasteiger partial charge in [0, 0.05) is 12.3 Å². The molecule has 0 fully saturated rings. The molecule has 136 valence electrons. The molecule has 1 amide bonds. The predicted octanol–water partition coefficient (Wildman–Crippen LogP) is 4.76. The number of hydrogen-bond donors (Lipinski definition) is 1. The molecule has 0 saturated heterocycles. The Balaban J connectivity index is 1.70. The first kappa shape index (κ1) is 19.4. The quantitative estimate of drug-likeness (QED) is 0.722. The van der Waals surface area contributed by atoms with Gasteiger partial charge in [0.1, 0.15) is 10.8 Å². The van der Waals surface area contributed by atoms with Crippen LogP contribution in [0.4, 0.5) is 5.13 Å². The van der Waals surface area contributed by atoms with Gasteiger partial charge < -0.3 is 10.1 Å². The second kappa shape index (κ2) is 8.43. The van der Waals surface area contributed by atoms with Gasteiger partial charge in [-0.15, -0.1) is 10.2 Å². The van der Waals surface area contributed by atoms with Crippen molar-refractivity contribution in [3.8, 4) is 5.75 Å². The molecule has 0 bridgehead atoms. The minimum absolute atomic E-state index is 0.0573. The Labute approximate surface area is 153 Å². The molecule has 1 heterocycles. The number of ether oxygens (including phenoxy) is 1. The SMILES string of the molecule is CC(C)c1nnc(NC(=O)CCCOc2ccc(C(C)(C)C)cc2)s1. The van der Waals surface area contributed by atoms with Gasteiger partial charge in [0.05, 0.1) is 6.61 Å². The van der Waals surface area contributed by atoms with Crippen LogP contribution in [0.25, 0.3) is 0 Å². The number of rotatable bonds is 7. The summed E-state index contributed by atoms with van der Waals surface area (Å²) in [5, 5.41) is 12.3. The third kappa shape index (κ3) is 6.12. The van der Waals surface area contributed by atoms with Crippen molar-refractivity contribution in [2.75, 3.05) is 11.9 Å². The molecule has 1 N–H and O–H groups in total. The number of aromatic nitrogens is 2. The van der Waals surface area contributed by atoms with Gasteiger partial charge in [-0.2, -0.15) is 0 Å². The molecule has 0 spiro atoms. The lowest BCUT2D eigenvalue weighted by Crippen LogP contribution is -2.13. The van der Waals surface area contributed by atoms with Crippen molar-refractivity contribution in [2.45, 2.75) is 58.8 Å². The molecule has 0 saturated carbocycles. The highest BCUT2D eigenvalue weighted by Crippen LogP contribution is 2.24. The molecule has 0 aliphatic carbocycles. The average Bonchev–Trinajstić information content (AvgIpc) is 3.00. The Morgan fingerprint density at radius 1 is 1.20 bits per heavy atom. The predicted molar refractivity (Wildman–Crippen MR) is 102 cm³/mol. The second-order valence-corrected chi connectivity index (χ2v) is 8.38. The summed E-state index contributed by atoms with van der Waals surface area (Å²) >= 11 is 1.42. The zero-order valence-corrected chi connectivity index (χ0v) is 16.4. The van der Waals surface area contributed by atoms with Crippen LogP contribution < -0.4 is 10.1 Å². The lowest BCUT2D eigenvalue weighted by Gasteiger charge is -2.19. The largest absolute Gasteiger partial charge is 0.494 e. The molecule has 25 heavy (non-hydrogen) atoms. The van der Waals surface area contributed by atoms with Crippen molar-refractivity contribution in [3.63, 3.8) is 0 Å². The van der Waals surface area contributed by atoms with E-state index < -0.39 is 0 Å². The average molecular weight is 362 g/mol. The first-order valence-electron chi connectivity index (χ1n) is 8.62. The van der Waals surface area contributed by atoms with E-state index in [2.05, 4.69) is 62.3 Å². The van der Waals surface area contributed by atoms with Gasteiger partial charge in [-0.05, 0) is 29.5 Å². The second-order valence-electron chi connectivity index (χ2n) is 7.37. The van der Waals surface area contributed by atoms with Gasteiger partial charge in [0.2, 0.25) is 11.0 Å². The molecule has 0 aliphatic rings. The number of carbonyl (C=O) groups excluding carboxylic acids is 1. The van der Waals surface area contributed by atoms with Crippen molar-refractivity contribution < 1.29 is 9.53 Å². The van der Waals surface area contributed by atoms with Crippen LogP contribution in [-0.4, -0.2) is 22.7 Å². The smallest absolute Gasteiger partial charge is 0.226 e.